The van der Waals surface area contributed by atoms with Crippen LogP contribution in [0.15, 0.2) is 36.8 Å². The van der Waals surface area contributed by atoms with Gasteiger partial charge in [-0.2, -0.15) is 10.2 Å². The molecule has 0 atom stereocenters. The largest absolute Gasteiger partial charge is 0.497 e. The average molecular weight is 352 g/mol. The zero-order chi connectivity index (χ0) is 18.3. The zero-order valence-corrected chi connectivity index (χ0v) is 14.8. The van der Waals surface area contributed by atoms with E-state index in [2.05, 4.69) is 20.6 Å². The number of aliphatic hydroxyl groups is 1. The highest BCUT2D eigenvalue weighted by Crippen LogP contribution is 2.31. The average Bonchev–Trinajstić information content (AvgIpc) is 3.23. The highest BCUT2D eigenvalue weighted by molar-refractivity contribution is 6.09. The van der Waals surface area contributed by atoms with Gasteiger partial charge < -0.3 is 15.2 Å². The fourth-order valence-corrected chi connectivity index (χ4v) is 2.94. The molecule has 1 aromatic carbocycles. The molecule has 0 aliphatic heterocycles. The molecule has 0 spiro atoms. The molecule has 0 saturated carbocycles. The molecule has 3 heterocycles. The van der Waals surface area contributed by atoms with Gasteiger partial charge in [0.2, 0.25) is 0 Å². The van der Waals surface area contributed by atoms with Crippen LogP contribution in [0, 0.1) is 0 Å². The van der Waals surface area contributed by atoms with Crippen molar-refractivity contribution >= 4 is 33.3 Å². The Bertz CT molecular complexity index is 1080. The van der Waals surface area contributed by atoms with E-state index in [1.165, 1.54) is 0 Å². The highest BCUT2D eigenvalue weighted by Gasteiger charge is 2.15. The first-order chi connectivity index (χ1) is 12.4. The Morgan fingerprint density at radius 1 is 1.27 bits per heavy atom. The second kappa shape index (κ2) is 5.99. The monoisotopic (exact) mass is 352 g/mol. The number of aromatic amines is 1. The van der Waals surface area contributed by atoms with Crippen molar-refractivity contribution in [3.05, 3.63) is 36.8 Å². The molecule has 0 aliphatic carbocycles. The Hall–Kier alpha value is -3.13. The summed E-state index contributed by atoms with van der Waals surface area (Å²) in [5.74, 6) is 1.44. The number of methoxy groups -OCH3 is 1. The van der Waals surface area contributed by atoms with Gasteiger partial charge in [-0.25, -0.2) is 4.98 Å². The Morgan fingerprint density at radius 3 is 2.88 bits per heavy atom. The smallest absolute Gasteiger partial charge is 0.157 e. The lowest BCUT2D eigenvalue weighted by molar-refractivity contribution is 0.0578. The van der Waals surface area contributed by atoms with Crippen molar-refractivity contribution in [1.29, 1.82) is 0 Å². The van der Waals surface area contributed by atoms with Gasteiger partial charge in [0, 0.05) is 17.0 Å². The first kappa shape index (κ1) is 16.3. The van der Waals surface area contributed by atoms with Gasteiger partial charge in [-0.15, -0.1) is 0 Å². The minimum atomic E-state index is -0.833. The van der Waals surface area contributed by atoms with Crippen LogP contribution in [0.5, 0.6) is 5.75 Å². The van der Waals surface area contributed by atoms with Crippen LogP contribution in [0.3, 0.4) is 0 Å². The number of rotatable bonds is 5. The zero-order valence-electron chi connectivity index (χ0n) is 14.8. The summed E-state index contributed by atoms with van der Waals surface area (Å²) in [6.45, 7) is 3.89. The fourth-order valence-electron chi connectivity index (χ4n) is 2.94. The van der Waals surface area contributed by atoms with Gasteiger partial charge in [-0.05, 0) is 32.0 Å². The Labute approximate surface area is 149 Å². The molecule has 0 radical (unpaired) electrons. The second-order valence-electron chi connectivity index (χ2n) is 6.87. The molecule has 0 aliphatic rings. The summed E-state index contributed by atoms with van der Waals surface area (Å²) in [5.41, 5.74) is 1.60. The van der Waals surface area contributed by atoms with Crippen molar-refractivity contribution in [3.63, 3.8) is 0 Å². The fraction of sp³-hybridized carbons (Fsp3) is 0.278. The number of fused-ring (bicyclic) bond motifs is 3. The maximum atomic E-state index is 9.93. The highest BCUT2D eigenvalue weighted by atomic mass is 16.5. The number of H-pyrrole nitrogens is 1. The first-order valence-electron chi connectivity index (χ1n) is 8.26. The molecule has 4 aromatic rings. The molecule has 8 heteroatoms. The Morgan fingerprint density at radius 2 is 2.12 bits per heavy atom. The minimum absolute atomic E-state index is 0.402. The van der Waals surface area contributed by atoms with Gasteiger partial charge in [0.15, 0.2) is 5.82 Å². The summed E-state index contributed by atoms with van der Waals surface area (Å²) in [7, 11) is 1.64. The van der Waals surface area contributed by atoms with E-state index in [0.717, 1.165) is 33.2 Å². The molecular formula is C18H20N6O2. The molecule has 0 unspecified atom stereocenters. The lowest BCUT2D eigenvalue weighted by atomic mass is 10.1. The van der Waals surface area contributed by atoms with Gasteiger partial charge >= 0.3 is 0 Å². The Kier molecular flexibility index (Phi) is 3.77. The number of hydrogen-bond donors (Lipinski definition) is 3. The third-order valence-corrected chi connectivity index (χ3v) is 4.05. The molecular weight excluding hydrogens is 332 g/mol. The van der Waals surface area contributed by atoms with E-state index in [1.54, 1.807) is 38.0 Å². The van der Waals surface area contributed by atoms with Gasteiger partial charge in [-0.1, -0.05) is 0 Å². The summed E-state index contributed by atoms with van der Waals surface area (Å²) >= 11 is 0. The van der Waals surface area contributed by atoms with E-state index in [9.17, 15) is 5.11 Å². The number of aromatic nitrogens is 5. The number of nitrogens with zero attached hydrogens (tertiary/aromatic N) is 4. The van der Waals surface area contributed by atoms with Crippen molar-refractivity contribution in [2.75, 3.05) is 12.4 Å². The molecule has 0 amide bonds. The van der Waals surface area contributed by atoms with Crippen LogP contribution in [0.2, 0.25) is 0 Å². The number of nitrogens with one attached hydrogen (secondary N) is 2. The molecule has 26 heavy (non-hydrogen) atoms. The number of benzene rings is 1. The van der Waals surface area contributed by atoms with E-state index in [-0.39, 0.29) is 0 Å². The predicted octanol–water partition coefficient (Wildman–Crippen LogP) is 2.83. The molecule has 4 rings (SSSR count). The summed E-state index contributed by atoms with van der Waals surface area (Å²) < 4.78 is 7.00. The summed E-state index contributed by atoms with van der Waals surface area (Å²) in [6, 6.07) is 5.75. The van der Waals surface area contributed by atoms with E-state index < -0.39 is 5.60 Å². The van der Waals surface area contributed by atoms with Gasteiger partial charge in [-0.3, -0.25) is 9.78 Å². The first-order valence-corrected chi connectivity index (χ1v) is 8.26. The van der Waals surface area contributed by atoms with E-state index in [1.807, 2.05) is 24.4 Å². The third kappa shape index (κ3) is 3.06. The van der Waals surface area contributed by atoms with Crippen molar-refractivity contribution in [1.82, 2.24) is 25.0 Å². The lowest BCUT2D eigenvalue weighted by Crippen LogP contribution is -2.26. The summed E-state index contributed by atoms with van der Waals surface area (Å²) in [5, 5.41) is 26.6. The van der Waals surface area contributed by atoms with E-state index in [4.69, 9.17) is 9.72 Å². The van der Waals surface area contributed by atoms with Gasteiger partial charge in [0.1, 0.15) is 11.3 Å². The SMILES string of the molecule is COc1ccc2nc(Nc3cnn(CC(C)(C)O)c3)c3[nH]ncc3c2c1. The Balaban J connectivity index is 1.73. The van der Waals surface area contributed by atoms with Gasteiger partial charge in [0.05, 0.1) is 42.9 Å². The number of anilines is 2. The van der Waals surface area contributed by atoms with Crippen molar-refractivity contribution in [3.8, 4) is 5.75 Å². The van der Waals surface area contributed by atoms with Crippen LogP contribution < -0.4 is 10.1 Å². The third-order valence-electron chi connectivity index (χ3n) is 4.05. The summed E-state index contributed by atoms with van der Waals surface area (Å²) in [4.78, 5) is 4.71. The maximum absolute atomic E-state index is 9.93. The standard InChI is InChI=1S/C18H20N6O2/c1-18(2,25)10-24-9-11(7-20-24)21-17-16-14(8-19-23-16)13-6-12(26-3)4-5-15(13)22-17/h4-9,25H,10H2,1-3H3,(H,19,23)(H,21,22). The van der Waals surface area contributed by atoms with Crippen LogP contribution in [0.1, 0.15) is 13.8 Å². The molecule has 3 aromatic heterocycles. The van der Waals surface area contributed by atoms with E-state index >= 15 is 0 Å². The number of ether oxygens (including phenoxy) is 1. The second-order valence-corrected chi connectivity index (χ2v) is 6.87. The minimum Gasteiger partial charge on any atom is -0.497 e. The number of pyridine rings is 1. The topological polar surface area (TPSA) is 101 Å². The molecule has 8 nitrogen and oxygen atoms in total. The number of hydrogen-bond acceptors (Lipinski definition) is 6. The van der Waals surface area contributed by atoms with Crippen LogP contribution in [-0.4, -0.2) is 42.8 Å². The van der Waals surface area contributed by atoms with Crippen LogP contribution in [0.25, 0.3) is 21.8 Å². The molecule has 0 fully saturated rings. The molecule has 0 saturated heterocycles. The van der Waals surface area contributed by atoms with Crippen molar-refractivity contribution < 1.29 is 9.84 Å². The van der Waals surface area contributed by atoms with Crippen molar-refractivity contribution in [2.45, 2.75) is 26.0 Å². The van der Waals surface area contributed by atoms with Crippen molar-refractivity contribution in [2.24, 2.45) is 0 Å². The normalized spacial score (nSPS) is 12.0. The van der Waals surface area contributed by atoms with Gasteiger partial charge in [0.25, 0.3) is 0 Å². The summed E-state index contributed by atoms with van der Waals surface area (Å²) in [6.07, 6.45) is 5.32. The maximum Gasteiger partial charge on any atom is 0.157 e. The predicted molar refractivity (Wildman–Crippen MR) is 99.8 cm³/mol. The van der Waals surface area contributed by atoms with Crippen LogP contribution >= 0.6 is 0 Å². The van der Waals surface area contributed by atoms with Crippen LogP contribution in [0.4, 0.5) is 11.5 Å². The van der Waals surface area contributed by atoms with E-state index in [0.29, 0.717) is 12.4 Å². The van der Waals surface area contributed by atoms with Crippen LogP contribution in [-0.2, 0) is 6.54 Å². The molecule has 3 N–H and O–H groups in total. The molecule has 0 bridgehead atoms. The quantitative estimate of drug-likeness (QED) is 0.511. The lowest BCUT2D eigenvalue weighted by Gasteiger charge is -2.16. The molecule has 134 valence electrons.